The van der Waals surface area contributed by atoms with Gasteiger partial charge in [0.15, 0.2) is 0 Å². The Bertz CT molecular complexity index is 690. The standard InChI is InChI=1S/C17H23N3O4/c1-16(2,3)23-14(21)12-8-10-18-13(12)20(11-7-9-19-20)15(22)24-17(4,5)6/h7-11H,1-6H3/p+1. The van der Waals surface area contributed by atoms with Gasteiger partial charge in [0.25, 0.3) is 5.82 Å². The predicted molar refractivity (Wildman–Crippen MR) is 91.6 cm³/mol. The first-order valence-electron chi connectivity index (χ1n) is 7.72. The first kappa shape index (κ1) is 17.9. The number of hydrogen-bond acceptors (Lipinski definition) is 5. The lowest BCUT2D eigenvalue weighted by molar-refractivity contribution is 0.00680. The van der Waals surface area contributed by atoms with Crippen LogP contribution >= 0.6 is 0 Å². The molecule has 0 spiro atoms. The Balaban J connectivity index is 2.43. The fraction of sp³-hybridized carbons (Fsp3) is 0.471. The van der Waals surface area contributed by atoms with E-state index in [-0.39, 0.29) is 11.4 Å². The average Bonchev–Trinajstić information content (AvgIpc) is 3.04. The lowest BCUT2D eigenvalue weighted by atomic mass is 10.2. The minimum absolute atomic E-state index is 0.236. The van der Waals surface area contributed by atoms with Crippen molar-refractivity contribution in [2.24, 2.45) is 5.10 Å². The molecule has 0 bridgehead atoms. The Labute approximate surface area is 141 Å². The molecule has 1 aliphatic rings. The number of aromatic amines is 1. The molecule has 0 radical (unpaired) electrons. The van der Waals surface area contributed by atoms with Gasteiger partial charge in [-0.25, -0.2) is 4.79 Å². The van der Waals surface area contributed by atoms with Gasteiger partial charge in [-0.3, -0.25) is 0 Å². The zero-order chi connectivity index (χ0) is 18.2. The van der Waals surface area contributed by atoms with Gasteiger partial charge in [-0.05, 0) is 52.2 Å². The van der Waals surface area contributed by atoms with Crippen molar-refractivity contribution in [3.05, 3.63) is 30.1 Å². The number of carbonyl (C=O) groups is 2. The Morgan fingerprint density at radius 3 is 2.21 bits per heavy atom. The van der Waals surface area contributed by atoms with E-state index in [1.165, 1.54) is 6.21 Å². The number of hydrogen-bond donors (Lipinski definition) is 1. The summed E-state index contributed by atoms with van der Waals surface area (Å²) in [7, 11) is 0. The molecule has 1 aromatic rings. The maximum atomic E-state index is 12.8. The van der Waals surface area contributed by atoms with Crippen molar-refractivity contribution < 1.29 is 19.1 Å². The van der Waals surface area contributed by atoms with Gasteiger partial charge in [-0.15, -0.1) is 0 Å². The SMILES string of the molecule is CC(C)(C)OC(=O)c1cc[nH]c1[N+]1(C(=O)OC(C)(C)C)C=CC=N1. The number of nitrogens with one attached hydrogen (secondary N) is 1. The molecule has 1 amide bonds. The van der Waals surface area contributed by atoms with Crippen LogP contribution < -0.4 is 4.59 Å². The smallest absolute Gasteiger partial charge is 0.456 e. The van der Waals surface area contributed by atoms with Crippen molar-refractivity contribution in [1.29, 1.82) is 0 Å². The molecule has 130 valence electrons. The monoisotopic (exact) mass is 334 g/mol. The number of nitrogens with zero attached hydrogens (tertiary/aromatic N) is 2. The Morgan fingerprint density at radius 1 is 1.08 bits per heavy atom. The second-order valence-corrected chi connectivity index (χ2v) is 7.51. The quantitative estimate of drug-likeness (QED) is 0.660. The van der Waals surface area contributed by atoms with E-state index in [0.29, 0.717) is 0 Å². The number of aromatic nitrogens is 1. The van der Waals surface area contributed by atoms with Crippen LogP contribution in [0.5, 0.6) is 0 Å². The second kappa shape index (κ2) is 5.90. The molecule has 1 aromatic heterocycles. The Morgan fingerprint density at radius 2 is 1.71 bits per heavy atom. The van der Waals surface area contributed by atoms with Gasteiger partial charge < -0.3 is 14.5 Å². The molecular formula is C17H24N3O4+. The molecule has 0 saturated carbocycles. The largest absolute Gasteiger partial charge is 0.555 e. The van der Waals surface area contributed by atoms with Crippen LogP contribution in [0.25, 0.3) is 0 Å². The van der Waals surface area contributed by atoms with E-state index in [9.17, 15) is 9.59 Å². The van der Waals surface area contributed by atoms with E-state index in [1.807, 2.05) is 0 Å². The maximum absolute atomic E-state index is 12.8. The van der Waals surface area contributed by atoms with Crippen molar-refractivity contribution in [2.75, 3.05) is 0 Å². The molecule has 0 saturated heterocycles. The predicted octanol–water partition coefficient (Wildman–Crippen LogP) is 3.73. The summed E-state index contributed by atoms with van der Waals surface area (Å²) in [5.74, 6) is -0.251. The summed E-state index contributed by atoms with van der Waals surface area (Å²) in [5, 5.41) is 4.22. The lowest BCUT2D eigenvalue weighted by Gasteiger charge is -2.26. The molecule has 0 aromatic carbocycles. The first-order valence-corrected chi connectivity index (χ1v) is 7.72. The van der Waals surface area contributed by atoms with E-state index in [2.05, 4.69) is 10.1 Å². The minimum atomic E-state index is -0.688. The zero-order valence-corrected chi connectivity index (χ0v) is 14.9. The van der Waals surface area contributed by atoms with E-state index in [1.54, 1.807) is 66.1 Å². The van der Waals surface area contributed by atoms with Crippen LogP contribution in [0.2, 0.25) is 0 Å². The molecule has 1 atom stereocenters. The van der Waals surface area contributed by atoms with Crippen LogP contribution in [0.1, 0.15) is 51.9 Å². The number of H-pyrrole nitrogens is 1. The van der Waals surface area contributed by atoms with Crippen molar-refractivity contribution >= 4 is 24.1 Å². The van der Waals surface area contributed by atoms with Gasteiger partial charge in [-0.1, -0.05) is 5.10 Å². The van der Waals surface area contributed by atoms with Gasteiger partial charge in [-0.2, -0.15) is 4.79 Å². The van der Waals surface area contributed by atoms with Crippen LogP contribution in [0.4, 0.5) is 10.6 Å². The molecule has 1 unspecified atom stereocenters. The maximum Gasteiger partial charge on any atom is 0.555 e. The van der Waals surface area contributed by atoms with Crippen LogP contribution in [-0.2, 0) is 9.47 Å². The molecule has 2 rings (SSSR count). The van der Waals surface area contributed by atoms with Crippen LogP contribution in [0.3, 0.4) is 0 Å². The van der Waals surface area contributed by atoms with E-state index < -0.39 is 27.9 Å². The Hall–Kier alpha value is -2.41. The zero-order valence-electron chi connectivity index (χ0n) is 14.9. The molecule has 2 heterocycles. The van der Waals surface area contributed by atoms with Gasteiger partial charge in [0.1, 0.15) is 23.0 Å². The summed E-state index contributed by atoms with van der Waals surface area (Å²) in [6.07, 6.45) is 5.63. The molecule has 0 aliphatic carbocycles. The van der Waals surface area contributed by atoms with Gasteiger partial charge >= 0.3 is 12.1 Å². The van der Waals surface area contributed by atoms with Crippen LogP contribution in [-0.4, -0.2) is 34.5 Å². The number of allylic oxidation sites excluding steroid dienone is 1. The highest BCUT2D eigenvalue weighted by Gasteiger charge is 2.48. The molecule has 7 nitrogen and oxygen atoms in total. The number of carbonyl (C=O) groups excluding carboxylic acids is 2. The van der Waals surface area contributed by atoms with Crippen molar-refractivity contribution in [1.82, 2.24) is 9.58 Å². The second-order valence-electron chi connectivity index (χ2n) is 7.51. The lowest BCUT2D eigenvalue weighted by Crippen LogP contribution is -2.47. The fourth-order valence-corrected chi connectivity index (χ4v) is 2.15. The molecule has 0 fully saturated rings. The Kier molecular flexibility index (Phi) is 4.41. The third-order valence-corrected chi connectivity index (χ3v) is 2.99. The summed E-state index contributed by atoms with van der Waals surface area (Å²) >= 11 is 0. The number of amides is 1. The highest BCUT2D eigenvalue weighted by Crippen LogP contribution is 2.33. The minimum Gasteiger partial charge on any atom is -0.456 e. The van der Waals surface area contributed by atoms with E-state index in [4.69, 9.17) is 9.47 Å². The summed E-state index contributed by atoms with van der Waals surface area (Å²) in [6.45, 7) is 10.7. The topological polar surface area (TPSA) is 80.8 Å². The molecule has 1 aliphatic heterocycles. The first-order chi connectivity index (χ1) is 10.9. The normalized spacial score (nSPS) is 20.2. The summed E-state index contributed by atoms with van der Waals surface area (Å²) in [6, 6.07) is 1.56. The van der Waals surface area contributed by atoms with Crippen LogP contribution in [0.15, 0.2) is 29.6 Å². The van der Waals surface area contributed by atoms with Gasteiger partial charge in [0, 0.05) is 12.3 Å². The third-order valence-electron chi connectivity index (χ3n) is 2.99. The number of rotatable bonds is 2. The van der Waals surface area contributed by atoms with Gasteiger partial charge in [0.05, 0.1) is 6.21 Å². The number of ether oxygens (including phenoxy) is 2. The molecule has 7 heteroatoms. The summed E-state index contributed by atoms with van der Waals surface area (Å²) < 4.78 is 10.3. The van der Waals surface area contributed by atoms with Crippen LogP contribution in [0, 0.1) is 0 Å². The van der Waals surface area contributed by atoms with E-state index >= 15 is 0 Å². The highest BCUT2D eigenvalue weighted by atomic mass is 16.6. The number of esters is 1. The molecule has 1 N–H and O–H groups in total. The third kappa shape index (κ3) is 3.73. The van der Waals surface area contributed by atoms with Crippen molar-refractivity contribution in [2.45, 2.75) is 52.7 Å². The number of quaternary nitrogens is 1. The fourth-order valence-electron chi connectivity index (χ4n) is 2.15. The molecule has 24 heavy (non-hydrogen) atoms. The van der Waals surface area contributed by atoms with E-state index in [0.717, 1.165) is 0 Å². The highest BCUT2D eigenvalue weighted by molar-refractivity contribution is 5.99. The summed E-state index contributed by atoms with van der Waals surface area (Å²) in [4.78, 5) is 28.2. The van der Waals surface area contributed by atoms with Crippen molar-refractivity contribution in [3.63, 3.8) is 0 Å². The summed E-state index contributed by atoms with van der Waals surface area (Å²) in [5.41, 5.74) is -1.10. The van der Waals surface area contributed by atoms with Gasteiger partial charge in [0.2, 0.25) is 0 Å². The van der Waals surface area contributed by atoms with Crippen molar-refractivity contribution in [3.8, 4) is 0 Å². The average molecular weight is 334 g/mol. The molecular weight excluding hydrogens is 310 g/mol.